The number of hydrogen-bond donors (Lipinski definition) is 13. The van der Waals surface area contributed by atoms with E-state index in [-0.39, 0.29) is 92.5 Å². The average Bonchev–Trinajstić information content (AvgIpc) is 2.13. The first-order chi connectivity index (χ1) is 41.4. The van der Waals surface area contributed by atoms with Gasteiger partial charge in [-0.15, -0.1) is 0 Å². The molecule has 0 aromatic carbocycles. The van der Waals surface area contributed by atoms with Crippen molar-refractivity contribution in [2.45, 2.75) is 220 Å². The van der Waals surface area contributed by atoms with Crippen molar-refractivity contribution in [3.05, 3.63) is 0 Å². The van der Waals surface area contributed by atoms with Gasteiger partial charge in [-0.3, -0.25) is 0 Å². The van der Waals surface area contributed by atoms with Crippen molar-refractivity contribution in [1.29, 1.82) is 0 Å². The molecule has 13 N–H and O–H groups in total. The predicted octanol–water partition coefficient (Wildman–Crippen LogP) is -3.11. The summed E-state index contributed by atoms with van der Waals surface area (Å²) in [5, 5.41) is 138. The van der Waals surface area contributed by atoms with Gasteiger partial charge in [0.25, 0.3) is 0 Å². The van der Waals surface area contributed by atoms with Crippen LogP contribution in [0.25, 0.3) is 0 Å². The van der Waals surface area contributed by atoms with Crippen LogP contribution in [0.2, 0.25) is 0 Å². The summed E-state index contributed by atoms with van der Waals surface area (Å²) in [6.45, 7) is -1.10. The van der Waals surface area contributed by atoms with Crippen LogP contribution in [-0.4, -0.2) is 328 Å². The maximum Gasteiger partial charge on any atom is 0.187 e. The van der Waals surface area contributed by atoms with E-state index in [1.807, 2.05) is 0 Å². The molecular weight excluding hydrogens is 1140 g/mol. The molecule has 0 bridgehead atoms. The minimum Gasteiger partial charge on any atom is -0.394 e. The van der Waals surface area contributed by atoms with Crippen molar-refractivity contribution in [3.63, 3.8) is 0 Å². The molecule has 0 aromatic rings. The summed E-state index contributed by atoms with van der Waals surface area (Å²) >= 11 is 0. The first-order valence-electron chi connectivity index (χ1n) is 30.7. The topological polar surface area (TPSA) is 411 Å². The summed E-state index contributed by atoms with van der Waals surface area (Å²) in [5.74, 6) is 0. The highest BCUT2D eigenvalue weighted by molar-refractivity contribution is 4.99. The molecule has 4 aliphatic heterocycles. The zero-order valence-electron chi connectivity index (χ0n) is 49.6. The summed E-state index contributed by atoms with van der Waals surface area (Å²) in [4.78, 5) is 0. The van der Waals surface area contributed by atoms with Crippen LogP contribution in [0.5, 0.6) is 0 Å². The number of aliphatic hydroxyl groups excluding tert-OH is 13. The van der Waals surface area contributed by atoms with Gasteiger partial charge in [-0.25, -0.2) is 0 Å². The Hall–Kier alpha value is -1.16. The Kier molecular flexibility index (Phi) is 41.3. The molecule has 4 heterocycles. The first kappa shape index (κ1) is 76.3. The molecule has 4 saturated heterocycles. The van der Waals surface area contributed by atoms with Crippen molar-refractivity contribution in [2.24, 2.45) is 0 Å². The van der Waals surface area contributed by atoms with Crippen LogP contribution in [0.15, 0.2) is 0 Å². The van der Waals surface area contributed by atoms with E-state index in [0.717, 1.165) is 12.8 Å². The molecule has 504 valence electrons. The van der Waals surface area contributed by atoms with E-state index in [4.69, 9.17) is 80.9 Å². The van der Waals surface area contributed by atoms with E-state index in [1.54, 1.807) is 0 Å². The lowest BCUT2D eigenvalue weighted by molar-refractivity contribution is -0.391. The smallest absolute Gasteiger partial charge is 0.187 e. The van der Waals surface area contributed by atoms with Gasteiger partial charge < -0.3 is 142 Å². The molecule has 0 aromatic heterocycles. The third kappa shape index (κ3) is 27.3. The van der Waals surface area contributed by atoms with Crippen LogP contribution in [0.1, 0.15) is 96.8 Å². The fourth-order valence-corrected chi connectivity index (χ4v) is 10.3. The molecule has 20 atom stereocenters. The van der Waals surface area contributed by atoms with E-state index < -0.39 is 156 Å². The molecule has 0 aliphatic carbocycles. The molecule has 0 amide bonds. The number of unbranched alkanes of at least 4 members (excludes halogenated alkanes) is 13. The summed E-state index contributed by atoms with van der Waals surface area (Å²) in [6, 6.07) is 0. The van der Waals surface area contributed by atoms with Crippen LogP contribution in [-0.2, 0) is 75.8 Å². The minimum atomic E-state index is -2.04. The van der Waals surface area contributed by atoms with Crippen LogP contribution in [0.4, 0.5) is 0 Å². The Labute approximate surface area is 499 Å². The SMILES string of the molecule is CCCCCCCCCCCCCCCCOCCOCCO[C@@H]1[C@@H](O)[C@H](O[C@@H]2O[C@H](COCCO)[C@@H](O[C@@H]3O[C@H](COCCOCCO)[C@@H](O[C@@H]4O[C@H](COCCO)[C@@H](O)[C@H](O)[C@H]4O)[C@H](O)[C@H]3O)[C@H](O)[C@H]2OCCO)[C@@H](COCCO)O[C@H]1O. The third-order valence-corrected chi connectivity index (χ3v) is 14.8. The second-order valence-corrected chi connectivity index (χ2v) is 21.5. The van der Waals surface area contributed by atoms with Gasteiger partial charge >= 0.3 is 0 Å². The molecule has 0 radical (unpaired) electrons. The maximum absolute atomic E-state index is 12.2. The van der Waals surface area contributed by atoms with Crippen molar-refractivity contribution in [1.82, 2.24) is 0 Å². The van der Waals surface area contributed by atoms with E-state index in [0.29, 0.717) is 13.2 Å². The Balaban J connectivity index is 1.40. The van der Waals surface area contributed by atoms with Gasteiger partial charge in [0.1, 0.15) is 97.7 Å². The van der Waals surface area contributed by atoms with Crippen LogP contribution in [0, 0.1) is 0 Å². The van der Waals surface area contributed by atoms with E-state index in [9.17, 15) is 61.3 Å². The lowest BCUT2D eigenvalue weighted by atomic mass is 9.95. The molecule has 4 fully saturated rings. The molecule has 29 heteroatoms. The van der Waals surface area contributed by atoms with Crippen molar-refractivity contribution in [3.8, 4) is 0 Å². The second-order valence-electron chi connectivity index (χ2n) is 21.5. The molecule has 0 saturated carbocycles. The van der Waals surface area contributed by atoms with Crippen LogP contribution < -0.4 is 0 Å². The van der Waals surface area contributed by atoms with E-state index in [2.05, 4.69) is 6.92 Å². The molecular formula is C56H106O29. The monoisotopic (exact) mass is 1240 g/mol. The molecule has 0 spiro atoms. The van der Waals surface area contributed by atoms with Crippen LogP contribution >= 0.6 is 0 Å². The minimum absolute atomic E-state index is 0.00695. The molecule has 0 unspecified atom stereocenters. The van der Waals surface area contributed by atoms with Crippen molar-refractivity contribution < 1.29 is 142 Å². The quantitative estimate of drug-likeness (QED) is 0.0268. The van der Waals surface area contributed by atoms with Gasteiger partial charge in [0.15, 0.2) is 25.2 Å². The maximum atomic E-state index is 12.2. The first-order valence-corrected chi connectivity index (χ1v) is 30.7. The van der Waals surface area contributed by atoms with Crippen LogP contribution in [0.3, 0.4) is 0 Å². The number of hydrogen-bond acceptors (Lipinski definition) is 29. The van der Waals surface area contributed by atoms with Gasteiger partial charge in [-0.2, -0.15) is 0 Å². The summed E-state index contributed by atoms with van der Waals surface area (Å²) in [7, 11) is 0. The zero-order valence-corrected chi connectivity index (χ0v) is 49.6. The molecule has 4 rings (SSSR count). The summed E-state index contributed by atoms with van der Waals surface area (Å²) < 4.78 is 93.4. The highest BCUT2D eigenvalue weighted by Crippen LogP contribution is 2.36. The molecule has 85 heavy (non-hydrogen) atoms. The van der Waals surface area contributed by atoms with Gasteiger partial charge in [-0.05, 0) is 6.42 Å². The largest absolute Gasteiger partial charge is 0.394 e. The predicted molar refractivity (Wildman–Crippen MR) is 294 cm³/mol. The normalized spacial score (nSPS) is 33.7. The van der Waals surface area contributed by atoms with Gasteiger partial charge in [0.2, 0.25) is 0 Å². The summed E-state index contributed by atoms with van der Waals surface area (Å²) in [6.07, 6.45) is -15.4. The number of aliphatic hydroxyl groups is 13. The van der Waals surface area contributed by atoms with Gasteiger partial charge in [0, 0.05) is 6.61 Å². The Bertz CT molecular complexity index is 1590. The highest BCUT2D eigenvalue weighted by Gasteiger charge is 2.56. The molecule has 4 aliphatic rings. The standard InChI is InChI=1S/C56H106O29/c1-2-3-4-5-6-7-8-9-10-11-12-13-14-15-21-70-27-28-72-31-32-78-51-46(67)49(38(79-53(51)69)34-74-24-18-59)85-56-52(77-26-20-61)47(68)50(40(82-56)35-75-25-19-60)84-55-45(66)43(64)48(39(81-55)36-76-30-29-71-22-16-57)83-54-44(65)42(63)41(62)37(80-54)33-73-23-17-58/h37-69H,2-36H2,1H3/t37-,38-,39-,40-,41-,42+,43-,44-,45-,46+,47+,48-,49-,50-,51-,52-,53-,54+,55+,56+/m1/s1. The third-order valence-electron chi connectivity index (χ3n) is 14.8. The summed E-state index contributed by atoms with van der Waals surface area (Å²) in [5.41, 5.74) is 0. The molecule has 29 nitrogen and oxygen atoms in total. The lowest BCUT2D eigenvalue weighted by Gasteiger charge is -2.50. The Morgan fingerprint density at radius 2 is 0.624 bits per heavy atom. The Morgan fingerprint density at radius 1 is 0.271 bits per heavy atom. The van der Waals surface area contributed by atoms with Gasteiger partial charge in [0.05, 0.1) is 132 Å². The highest BCUT2D eigenvalue weighted by atomic mass is 16.8. The second kappa shape index (κ2) is 46.0. The average molecular weight is 1240 g/mol. The van der Waals surface area contributed by atoms with E-state index in [1.165, 1.54) is 77.0 Å². The zero-order chi connectivity index (χ0) is 61.6. The van der Waals surface area contributed by atoms with Gasteiger partial charge in [-0.1, -0.05) is 90.4 Å². The fourth-order valence-electron chi connectivity index (χ4n) is 10.3. The van der Waals surface area contributed by atoms with E-state index >= 15 is 0 Å². The fraction of sp³-hybridized carbons (Fsp3) is 1.00. The number of rotatable bonds is 50. The number of ether oxygens (including phenoxy) is 16. The Morgan fingerprint density at radius 3 is 1.15 bits per heavy atom. The van der Waals surface area contributed by atoms with Crippen molar-refractivity contribution in [2.75, 3.05) is 139 Å². The lowest BCUT2D eigenvalue weighted by Crippen LogP contribution is -2.68. The van der Waals surface area contributed by atoms with Crippen molar-refractivity contribution >= 4 is 0 Å².